The molecular weight excluding hydrogens is 440 g/mol. The lowest BCUT2D eigenvalue weighted by molar-refractivity contribution is -0.185. The summed E-state index contributed by atoms with van der Waals surface area (Å²) in [6.07, 6.45) is 10.6. The number of carbonyl (C=O) groups is 2. The van der Waals surface area contributed by atoms with Crippen LogP contribution in [0.15, 0.2) is 35.5 Å². The maximum Gasteiger partial charge on any atom is 0.336 e. The molecule has 2 N–H and O–H groups in total. The number of carboxylic acids is 1. The monoisotopic (exact) mass is 484 g/mol. The summed E-state index contributed by atoms with van der Waals surface area (Å²) >= 11 is 0. The topological polar surface area (TPSA) is 83.8 Å². The third kappa shape index (κ3) is 4.02. The smallest absolute Gasteiger partial charge is 0.336 e. The fraction of sp³-hybridized carbons (Fsp3) is 0.733. The fourth-order valence-electron chi connectivity index (χ4n) is 8.96. The first-order chi connectivity index (χ1) is 16.2. The van der Waals surface area contributed by atoms with E-state index in [4.69, 9.17) is 4.74 Å². The van der Waals surface area contributed by atoms with E-state index in [0.29, 0.717) is 36.2 Å². The van der Waals surface area contributed by atoms with Gasteiger partial charge in [-0.3, -0.25) is 4.79 Å². The van der Waals surface area contributed by atoms with Crippen LogP contribution in [0.5, 0.6) is 0 Å². The number of allylic oxidation sites excluding steroid dienone is 3. The average Bonchev–Trinajstić information content (AvgIpc) is 3.17. The van der Waals surface area contributed by atoms with E-state index in [1.54, 1.807) is 13.0 Å². The van der Waals surface area contributed by atoms with Crippen LogP contribution in [0.3, 0.4) is 0 Å². The highest BCUT2D eigenvalue weighted by molar-refractivity contribution is 5.90. The first kappa shape index (κ1) is 26.2. The van der Waals surface area contributed by atoms with E-state index in [0.717, 1.165) is 37.7 Å². The van der Waals surface area contributed by atoms with Gasteiger partial charge in [0.1, 0.15) is 0 Å². The van der Waals surface area contributed by atoms with E-state index in [2.05, 4.69) is 47.3 Å². The van der Waals surface area contributed by atoms with Crippen molar-refractivity contribution >= 4 is 11.9 Å². The van der Waals surface area contributed by atoms with Gasteiger partial charge in [0.05, 0.1) is 0 Å². The van der Waals surface area contributed by atoms with Gasteiger partial charge in [-0.1, -0.05) is 51.5 Å². The molecule has 5 nitrogen and oxygen atoms in total. The molecule has 194 valence electrons. The van der Waals surface area contributed by atoms with Crippen LogP contribution in [0.1, 0.15) is 92.9 Å². The van der Waals surface area contributed by atoms with Crippen LogP contribution in [0.4, 0.5) is 0 Å². The lowest BCUT2D eigenvalue weighted by atomic mass is 9.44. The van der Waals surface area contributed by atoms with Crippen molar-refractivity contribution in [3.8, 4) is 0 Å². The standard InChI is InChI=1S/C30H44O5/c1-18(2)21-8-9-24-23(27(21,5)13-12-25(31)32)11-15-28(6)22(10-14-29(24,28)7)19(3)16-30(34)17-20(4)26(33)35-30/h9,17,19,21-23,34H,1,8,10-16H2,2-7H3,(H,31,32)/t19-,21-,22-,23-,27+,28-,29+,30+/m1/s1. The highest BCUT2D eigenvalue weighted by Gasteiger charge is 2.63. The molecule has 8 atom stereocenters. The number of aliphatic carboxylic acids is 1. The first-order valence-electron chi connectivity index (χ1n) is 13.4. The highest BCUT2D eigenvalue weighted by Crippen LogP contribution is 2.72. The minimum Gasteiger partial charge on any atom is -0.481 e. The van der Waals surface area contributed by atoms with Crippen LogP contribution in [0.25, 0.3) is 0 Å². The third-order valence-corrected chi connectivity index (χ3v) is 11.0. The number of fused-ring (bicyclic) bond motifs is 3. The molecule has 1 heterocycles. The van der Waals surface area contributed by atoms with E-state index in [9.17, 15) is 19.8 Å². The van der Waals surface area contributed by atoms with Crippen molar-refractivity contribution in [2.75, 3.05) is 0 Å². The number of esters is 1. The first-order valence-corrected chi connectivity index (χ1v) is 13.4. The van der Waals surface area contributed by atoms with Gasteiger partial charge >= 0.3 is 11.9 Å². The Morgan fingerprint density at radius 2 is 1.94 bits per heavy atom. The van der Waals surface area contributed by atoms with Gasteiger partial charge in [0.25, 0.3) is 0 Å². The minimum atomic E-state index is -1.50. The van der Waals surface area contributed by atoms with Gasteiger partial charge in [-0.25, -0.2) is 4.79 Å². The van der Waals surface area contributed by atoms with Gasteiger partial charge in [0.2, 0.25) is 5.79 Å². The van der Waals surface area contributed by atoms with Crippen LogP contribution in [-0.4, -0.2) is 27.9 Å². The predicted molar refractivity (Wildman–Crippen MR) is 136 cm³/mol. The van der Waals surface area contributed by atoms with Crippen LogP contribution >= 0.6 is 0 Å². The number of rotatable bonds is 7. The van der Waals surface area contributed by atoms with Crippen LogP contribution in [0, 0.1) is 39.9 Å². The molecule has 5 heteroatoms. The molecule has 0 aromatic carbocycles. The Kier molecular flexibility index (Phi) is 6.44. The van der Waals surface area contributed by atoms with Gasteiger partial charge < -0.3 is 14.9 Å². The maximum atomic E-state index is 11.9. The summed E-state index contributed by atoms with van der Waals surface area (Å²) in [5, 5.41) is 20.5. The molecule has 2 saturated carbocycles. The normalized spacial score (nSPS) is 43.5. The molecule has 3 aliphatic carbocycles. The molecule has 0 unspecified atom stereocenters. The van der Waals surface area contributed by atoms with E-state index < -0.39 is 17.7 Å². The molecule has 0 bridgehead atoms. The van der Waals surface area contributed by atoms with Crippen LogP contribution < -0.4 is 0 Å². The Labute approximate surface area is 210 Å². The van der Waals surface area contributed by atoms with Gasteiger partial charge in [-0.2, -0.15) is 0 Å². The summed E-state index contributed by atoms with van der Waals surface area (Å²) in [4.78, 5) is 23.5. The minimum absolute atomic E-state index is 0.0418. The zero-order chi connectivity index (χ0) is 26.0. The molecule has 35 heavy (non-hydrogen) atoms. The van der Waals surface area contributed by atoms with Crippen molar-refractivity contribution < 1.29 is 24.5 Å². The van der Waals surface area contributed by atoms with Crippen LogP contribution in [-0.2, 0) is 14.3 Å². The summed E-state index contributed by atoms with van der Waals surface area (Å²) in [6, 6.07) is 0. The van der Waals surface area contributed by atoms with Crippen LogP contribution in [0.2, 0.25) is 0 Å². The van der Waals surface area contributed by atoms with E-state index in [-0.39, 0.29) is 28.6 Å². The summed E-state index contributed by atoms with van der Waals surface area (Å²) in [5.74, 6) is -1.36. The molecular formula is C30H44O5. The second-order valence-corrected chi connectivity index (χ2v) is 12.9. The van der Waals surface area contributed by atoms with Gasteiger partial charge in [0, 0.05) is 18.4 Å². The molecule has 1 aliphatic heterocycles. The number of hydrogen-bond acceptors (Lipinski definition) is 4. The van der Waals surface area contributed by atoms with Crippen molar-refractivity contribution in [1.82, 2.24) is 0 Å². The SMILES string of the molecule is C=C(C)[C@H]1CC=C2[C@@H](CC[C@]3(C)[C@@H]([C@H](C)C[C@@]4(O)C=C(C)C(=O)O4)CC[C@@]23C)[C@@]1(C)CCC(=O)O. The molecule has 0 aromatic heterocycles. The summed E-state index contributed by atoms with van der Waals surface area (Å²) in [5.41, 5.74) is 3.19. The summed E-state index contributed by atoms with van der Waals surface area (Å²) < 4.78 is 5.34. The predicted octanol–water partition coefficient (Wildman–Crippen LogP) is 6.43. The molecule has 0 amide bonds. The maximum absolute atomic E-state index is 11.9. The number of carbonyl (C=O) groups excluding carboxylic acids is 1. The second-order valence-electron chi connectivity index (χ2n) is 12.9. The molecule has 0 aromatic rings. The molecule has 4 rings (SSSR count). The number of aliphatic hydroxyl groups is 1. The largest absolute Gasteiger partial charge is 0.481 e. The zero-order valence-electron chi connectivity index (χ0n) is 22.4. The Morgan fingerprint density at radius 1 is 1.26 bits per heavy atom. The number of hydrogen-bond donors (Lipinski definition) is 2. The lowest BCUT2D eigenvalue weighted by Crippen LogP contribution is -2.52. The Morgan fingerprint density at radius 3 is 2.51 bits per heavy atom. The quantitative estimate of drug-likeness (QED) is 0.321. The third-order valence-electron chi connectivity index (χ3n) is 11.0. The molecule has 0 saturated heterocycles. The highest BCUT2D eigenvalue weighted by atomic mass is 16.7. The Balaban J connectivity index is 1.63. The lowest BCUT2D eigenvalue weighted by Gasteiger charge is -2.60. The van der Waals surface area contributed by atoms with Crippen molar-refractivity contribution in [2.45, 2.75) is 98.7 Å². The molecule has 4 aliphatic rings. The van der Waals surface area contributed by atoms with Crippen molar-refractivity contribution in [3.63, 3.8) is 0 Å². The van der Waals surface area contributed by atoms with Gasteiger partial charge in [0.15, 0.2) is 0 Å². The van der Waals surface area contributed by atoms with Crippen molar-refractivity contribution in [2.24, 2.45) is 39.9 Å². The van der Waals surface area contributed by atoms with Crippen molar-refractivity contribution in [3.05, 3.63) is 35.5 Å². The Hall–Kier alpha value is -1.88. The molecule has 0 radical (unpaired) electrons. The average molecular weight is 485 g/mol. The fourth-order valence-corrected chi connectivity index (χ4v) is 8.96. The number of cyclic esters (lactones) is 1. The van der Waals surface area contributed by atoms with E-state index in [1.165, 1.54) is 5.57 Å². The summed E-state index contributed by atoms with van der Waals surface area (Å²) in [7, 11) is 0. The van der Waals surface area contributed by atoms with Gasteiger partial charge in [-0.15, -0.1) is 0 Å². The Bertz CT molecular complexity index is 993. The number of ether oxygens (including phenoxy) is 1. The van der Waals surface area contributed by atoms with Crippen molar-refractivity contribution in [1.29, 1.82) is 0 Å². The number of carboxylic acid groups (broad SMARTS) is 1. The molecule has 2 fully saturated rings. The molecule has 0 spiro atoms. The second kappa shape index (κ2) is 8.61. The summed E-state index contributed by atoms with van der Waals surface area (Å²) in [6.45, 7) is 17.5. The zero-order valence-corrected chi connectivity index (χ0v) is 22.4. The van der Waals surface area contributed by atoms with E-state index in [1.807, 2.05) is 0 Å². The van der Waals surface area contributed by atoms with E-state index >= 15 is 0 Å². The van der Waals surface area contributed by atoms with Gasteiger partial charge in [-0.05, 0) is 98.4 Å².